The number of likely N-dealkylation sites (tertiary alicyclic amines) is 1. The smallest absolute Gasteiger partial charge is 0.289 e. The first-order valence-corrected chi connectivity index (χ1v) is 8.27. The van der Waals surface area contributed by atoms with E-state index in [1.54, 1.807) is 19.2 Å². The lowest BCUT2D eigenvalue weighted by Gasteiger charge is -2.36. The van der Waals surface area contributed by atoms with Gasteiger partial charge in [0.05, 0.1) is 6.10 Å². The summed E-state index contributed by atoms with van der Waals surface area (Å²) >= 11 is 0. The van der Waals surface area contributed by atoms with Gasteiger partial charge in [0.2, 0.25) is 0 Å². The third kappa shape index (κ3) is 3.06. The standard InChI is InChI=1S/C17H25NO4/c1-21-11-12-8-9-16(22-12)17(20)18-10-4-6-14(18)13-5-2-3-7-15(13)19/h8-9,13-15,19H,2-7,10-11H2,1H3. The van der Waals surface area contributed by atoms with E-state index in [-0.39, 0.29) is 24.0 Å². The second-order valence-electron chi connectivity index (χ2n) is 6.42. The van der Waals surface area contributed by atoms with E-state index in [4.69, 9.17) is 9.15 Å². The fourth-order valence-corrected chi connectivity index (χ4v) is 3.93. The fraction of sp³-hybridized carbons (Fsp3) is 0.706. The topological polar surface area (TPSA) is 62.9 Å². The SMILES string of the molecule is COCc1ccc(C(=O)N2CCCC2C2CCCCC2O)o1. The molecule has 1 N–H and O–H groups in total. The van der Waals surface area contributed by atoms with Crippen molar-refractivity contribution in [3.63, 3.8) is 0 Å². The molecule has 3 atom stereocenters. The molecule has 22 heavy (non-hydrogen) atoms. The Morgan fingerprint density at radius 2 is 2.14 bits per heavy atom. The van der Waals surface area contributed by atoms with Crippen LogP contribution in [0.15, 0.2) is 16.5 Å². The van der Waals surface area contributed by atoms with Crippen molar-refractivity contribution in [2.24, 2.45) is 5.92 Å². The monoisotopic (exact) mass is 307 g/mol. The summed E-state index contributed by atoms with van der Waals surface area (Å²) in [5.41, 5.74) is 0. The van der Waals surface area contributed by atoms with Gasteiger partial charge in [0.15, 0.2) is 5.76 Å². The Bertz CT molecular complexity index is 513. The molecule has 5 heteroatoms. The number of carbonyl (C=O) groups excluding carboxylic acids is 1. The van der Waals surface area contributed by atoms with Gasteiger partial charge >= 0.3 is 0 Å². The highest BCUT2D eigenvalue weighted by Crippen LogP contribution is 2.35. The number of amides is 1. The van der Waals surface area contributed by atoms with Gasteiger partial charge in [-0.15, -0.1) is 0 Å². The lowest BCUT2D eigenvalue weighted by molar-refractivity contribution is 0.0198. The van der Waals surface area contributed by atoms with Gasteiger partial charge in [0.25, 0.3) is 5.91 Å². The second-order valence-corrected chi connectivity index (χ2v) is 6.42. The number of nitrogens with zero attached hydrogens (tertiary/aromatic N) is 1. The summed E-state index contributed by atoms with van der Waals surface area (Å²) in [7, 11) is 1.60. The molecule has 3 rings (SSSR count). The summed E-state index contributed by atoms with van der Waals surface area (Å²) in [6, 6.07) is 3.67. The zero-order valence-electron chi connectivity index (χ0n) is 13.2. The Kier molecular flexibility index (Phi) is 4.84. The fourth-order valence-electron chi connectivity index (χ4n) is 3.93. The van der Waals surface area contributed by atoms with Crippen LogP contribution in [0.1, 0.15) is 54.8 Å². The van der Waals surface area contributed by atoms with E-state index in [1.807, 2.05) is 4.90 Å². The highest BCUT2D eigenvalue weighted by molar-refractivity contribution is 5.92. The van der Waals surface area contributed by atoms with Gasteiger partial charge < -0.3 is 19.2 Å². The van der Waals surface area contributed by atoms with Crippen molar-refractivity contribution in [3.05, 3.63) is 23.7 Å². The Morgan fingerprint density at radius 1 is 1.32 bits per heavy atom. The van der Waals surface area contributed by atoms with E-state index in [9.17, 15) is 9.90 Å². The molecular formula is C17H25NO4. The van der Waals surface area contributed by atoms with E-state index in [0.717, 1.165) is 45.1 Å². The predicted octanol–water partition coefficient (Wildman–Crippen LogP) is 2.58. The van der Waals surface area contributed by atoms with Crippen LogP contribution < -0.4 is 0 Å². The van der Waals surface area contributed by atoms with Crippen molar-refractivity contribution in [1.29, 1.82) is 0 Å². The summed E-state index contributed by atoms with van der Waals surface area (Å²) in [5, 5.41) is 10.3. The van der Waals surface area contributed by atoms with Gasteiger partial charge in [-0.1, -0.05) is 12.8 Å². The van der Waals surface area contributed by atoms with Gasteiger partial charge in [-0.3, -0.25) is 4.79 Å². The number of hydrogen-bond acceptors (Lipinski definition) is 4. The summed E-state index contributed by atoms with van der Waals surface area (Å²) in [6.07, 6.45) is 5.85. The summed E-state index contributed by atoms with van der Waals surface area (Å²) in [4.78, 5) is 14.6. The first-order valence-electron chi connectivity index (χ1n) is 8.27. The highest BCUT2D eigenvalue weighted by Gasteiger charge is 2.39. The largest absolute Gasteiger partial charge is 0.453 e. The number of methoxy groups -OCH3 is 1. The lowest BCUT2D eigenvalue weighted by atomic mass is 9.80. The Morgan fingerprint density at radius 3 is 2.91 bits per heavy atom. The predicted molar refractivity (Wildman–Crippen MR) is 81.4 cm³/mol. The lowest BCUT2D eigenvalue weighted by Crippen LogP contribution is -2.45. The third-order valence-electron chi connectivity index (χ3n) is 4.99. The normalized spacial score (nSPS) is 29.0. The quantitative estimate of drug-likeness (QED) is 0.928. The molecule has 1 aromatic rings. The Balaban J connectivity index is 1.72. The minimum Gasteiger partial charge on any atom is -0.453 e. The molecule has 5 nitrogen and oxygen atoms in total. The van der Waals surface area contributed by atoms with Gasteiger partial charge in [-0.2, -0.15) is 0 Å². The molecule has 2 fully saturated rings. The van der Waals surface area contributed by atoms with Crippen molar-refractivity contribution in [1.82, 2.24) is 4.90 Å². The minimum atomic E-state index is -0.271. The van der Waals surface area contributed by atoms with Crippen LogP contribution in [0.2, 0.25) is 0 Å². The molecule has 0 spiro atoms. The van der Waals surface area contributed by atoms with Crippen LogP contribution in [-0.2, 0) is 11.3 Å². The zero-order chi connectivity index (χ0) is 15.5. The van der Waals surface area contributed by atoms with Crippen molar-refractivity contribution in [2.45, 2.75) is 57.3 Å². The molecule has 2 aliphatic rings. The van der Waals surface area contributed by atoms with Crippen LogP contribution in [0.5, 0.6) is 0 Å². The highest BCUT2D eigenvalue weighted by atomic mass is 16.5. The first-order chi connectivity index (χ1) is 10.7. The first kappa shape index (κ1) is 15.6. The van der Waals surface area contributed by atoms with Gasteiger partial charge in [-0.05, 0) is 37.8 Å². The molecule has 0 radical (unpaired) electrons. The van der Waals surface area contributed by atoms with Crippen LogP contribution in [0.3, 0.4) is 0 Å². The van der Waals surface area contributed by atoms with Gasteiger partial charge in [0.1, 0.15) is 12.4 Å². The van der Waals surface area contributed by atoms with E-state index in [1.165, 1.54) is 0 Å². The molecular weight excluding hydrogens is 282 g/mol. The third-order valence-corrected chi connectivity index (χ3v) is 4.99. The van der Waals surface area contributed by atoms with E-state index < -0.39 is 0 Å². The van der Waals surface area contributed by atoms with Crippen LogP contribution in [0.4, 0.5) is 0 Å². The number of hydrogen-bond donors (Lipinski definition) is 1. The number of furan rings is 1. The van der Waals surface area contributed by atoms with Crippen LogP contribution in [0, 0.1) is 5.92 Å². The zero-order valence-corrected chi connectivity index (χ0v) is 13.2. The summed E-state index contributed by atoms with van der Waals surface area (Å²) in [5.74, 6) is 1.21. The maximum Gasteiger partial charge on any atom is 0.289 e. The summed E-state index contributed by atoms with van der Waals surface area (Å²) < 4.78 is 10.6. The van der Waals surface area contributed by atoms with Crippen molar-refractivity contribution in [2.75, 3.05) is 13.7 Å². The van der Waals surface area contributed by atoms with Crippen LogP contribution in [0.25, 0.3) is 0 Å². The van der Waals surface area contributed by atoms with Crippen LogP contribution in [-0.4, -0.2) is 41.7 Å². The van der Waals surface area contributed by atoms with Crippen molar-refractivity contribution >= 4 is 5.91 Å². The number of aliphatic hydroxyl groups is 1. The van der Waals surface area contributed by atoms with Crippen molar-refractivity contribution in [3.8, 4) is 0 Å². The van der Waals surface area contributed by atoms with E-state index >= 15 is 0 Å². The molecule has 0 aromatic carbocycles. The second kappa shape index (κ2) is 6.84. The van der Waals surface area contributed by atoms with Crippen molar-refractivity contribution < 1.29 is 19.1 Å². The maximum atomic E-state index is 12.7. The molecule has 0 bridgehead atoms. The molecule has 122 valence electrons. The van der Waals surface area contributed by atoms with E-state index in [2.05, 4.69) is 0 Å². The number of ether oxygens (including phenoxy) is 1. The molecule has 1 amide bonds. The van der Waals surface area contributed by atoms with Gasteiger partial charge in [-0.25, -0.2) is 0 Å². The van der Waals surface area contributed by atoms with E-state index in [0.29, 0.717) is 18.1 Å². The average molecular weight is 307 g/mol. The Labute approximate surface area is 131 Å². The average Bonchev–Trinajstić information content (AvgIpc) is 3.16. The molecule has 1 aliphatic carbocycles. The molecule has 1 saturated carbocycles. The number of carbonyl (C=O) groups is 1. The van der Waals surface area contributed by atoms with Gasteiger partial charge in [0, 0.05) is 25.6 Å². The molecule has 1 aromatic heterocycles. The maximum absolute atomic E-state index is 12.7. The molecule has 1 saturated heterocycles. The van der Waals surface area contributed by atoms with Crippen LogP contribution >= 0.6 is 0 Å². The molecule has 2 heterocycles. The number of rotatable bonds is 4. The molecule has 1 aliphatic heterocycles. The summed E-state index contributed by atoms with van der Waals surface area (Å²) in [6.45, 7) is 1.13. The molecule has 3 unspecified atom stereocenters. The Hall–Kier alpha value is -1.33. The number of aliphatic hydroxyl groups excluding tert-OH is 1. The minimum absolute atomic E-state index is 0.0531.